The van der Waals surface area contributed by atoms with E-state index in [1.54, 1.807) is 66.9 Å². The molecule has 1 aromatic heterocycles. The first kappa shape index (κ1) is 22.7. The van der Waals surface area contributed by atoms with E-state index in [1.807, 2.05) is 0 Å². The van der Waals surface area contributed by atoms with Gasteiger partial charge in [-0.25, -0.2) is 9.59 Å². The van der Waals surface area contributed by atoms with Crippen LogP contribution in [0, 0.1) is 0 Å². The molecule has 0 saturated carbocycles. The highest BCUT2D eigenvalue weighted by Crippen LogP contribution is 2.21. The average molecular weight is 452 g/mol. The molecule has 3 N–H and O–H groups in total. The number of amides is 4. The predicted molar refractivity (Wildman–Crippen MR) is 121 cm³/mol. The topological polar surface area (TPSA) is 114 Å². The molecule has 0 aliphatic carbocycles. The van der Waals surface area contributed by atoms with Gasteiger partial charge >= 0.3 is 12.0 Å². The van der Waals surface area contributed by atoms with Crippen molar-refractivity contribution in [2.24, 2.45) is 0 Å². The number of carbonyl (C=O) groups is 4. The maximum Gasteiger partial charge on any atom is 0.339 e. The Morgan fingerprint density at radius 1 is 0.969 bits per heavy atom. The molecule has 1 unspecified atom stereocenters. The molecule has 164 valence electrons. The summed E-state index contributed by atoms with van der Waals surface area (Å²) in [6.45, 7) is 2.04. The quantitative estimate of drug-likeness (QED) is 0.474. The molecule has 3 rings (SSSR count). The van der Waals surface area contributed by atoms with Crippen molar-refractivity contribution in [3.05, 3.63) is 88.1 Å². The molecule has 0 fully saturated rings. The van der Waals surface area contributed by atoms with Crippen LogP contribution in [0.5, 0.6) is 0 Å². The molecule has 0 radical (unpaired) electrons. The number of esters is 1. The van der Waals surface area contributed by atoms with Crippen molar-refractivity contribution >= 4 is 40.8 Å². The molecule has 0 spiro atoms. The van der Waals surface area contributed by atoms with Crippen LogP contribution in [0.1, 0.15) is 38.6 Å². The number of nitrogens with one attached hydrogen (secondary N) is 3. The van der Waals surface area contributed by atoms with E-state index in [0.717, 1.165) is 0 Å². The van der Waals surface area contributed by atoms with E-state index >= 15 is 0 Å². The number of hydrogen-bond donors (Lipinski definition) is 3. The lowest BCUT2D eigenvalue weighted by Crippen LogP contribution is -2.42. The van der Waals surface area contributed by atoms with Gasteiger partial charge in [0.1, 0.15) is 0 Å². The van der Waals surface area contributed by atoms with Gasteiger partial charge in [-0.05, 0) is 36.6 Å². The molecule has 0 aliphatic heterocycles. The van der Waals surface area contributed by atoms with Gasteiger partial charge in [-0.3, -0.25) is 14.9 Å². The Balaban J connectivity index is 1.76. The maximum absolute atomic E-state index is 12.8. The van der Waals surface area contributed by atoms with Gasteiger partial charge < -0.3 is 15.4 Å². The third-order valence-corrected chi connectivity index (χ3v) is 5.11. The Labute approximate surface area is 188 Å². The summed E-state index contributed by atoms with van der Waals surface area (Å²) < 4.78 is 5.45. The molecular weight excluding hydrogens is 430 g/mol. The molecule has 9 heteroatoms. The van der Waals surface area contributed by atoms with Crippen LogP contribution in [0.25, 0.3) is 0 Å². The Morgan fingerprint density at radius 2 is 1.75 bits per heavy atom. The molecule has 8 nitrogen and oxygen atoms in total. The van der Waals surface area contributed by atoms with Crippen molar-refractivity contribution in [1.29, 1.82) is 0 Å². The van der Waals surface area contributed by atoms with E-state index in [1.165, 1.54) is 23.5 Å². The number of benzene rings is 2. The van der Waals surface area contributed by atoms with E-state index in [-0.39, 0.29) is 11.5 Å². The molecule has 32 heavy (non-hydrogen) atoms. The first-order valence-electron chi connectivity index (χ1n) is 9.77. The Bertz CT molecular complexity index is 1100. The Kier molecular flexibility index (Phi) is 7.71. The van der Waals surface area contributed by atoms with Crippen LogP contribution >= 0.6 is 11.3 Å². The highest BCUT2D eigenvalue weighted by molar-refractivity contribution is 7.12. The summed E-state index contributed by atoms with van der Waals surface area (Å²) in [7, 11) is 0. The van der Waals surface area contributed by atoms with Crippen LogP contribution in [0.4, 0.5) is 10.5 Å². The SMILES string of the molecule is CCNC(=O)NC(=O)C(OC(=O)c1cccc(NC(=O)c2cccs2)c1)c1ccccc1. The van der Waals surface area contributed by atoms with Crippen molar-refractivity contribution in [1.82, 2.24) is 10.6 Å². The zero-order valence-electron chi connectivity index (χ0n) is 17.2. The van der Waals surface area contributed by atoms with Crippen molar-refractivity contribution in [3.8, 4) is 0 Å². The van der Waals surface area contributed by atoms with Gasteiger partial charge in [-0.2, -0.15) is 0 Å². The van der Waals surface area contributed by atoms with Crippen LogP contribution in [-0.2, 0) is 9.53 Å². The highest BCUT2D eigenvalue weighted by Gasteiger charge is 2.27. The maximum atomic E-state index is 12.8. The normalized spacial score (nSPS) is 11.2. The first-order valence-corrected chi connectivity index (χ1v) is 10.7. The van der Waals surface area contributed by atoms with Gasteiger partial charge in [0.15, 0.2) is 0 Å². The molecule has 2 aromatic carbocycles. The zero-order chi connectivity index (χ0) is 22.9. The fourth-order valence-corrected chi connectivity index (χ4v) is 3.40. The molecule has 0 aliphatic rings. The minimum absolute atomic E-state index is 0.140. The van der Waals surface area contributed by atoms with Gasteiger partial charge in [0.25, 0.3) is 11.8 Å². The Hall–Kier alpha value is -3.98. The summed E-state index contributed by atoms with van der Waals surface area (Å²) in [5.74, 6) is -1.86. The minimum atomic E-state index is -1.34. The van der Waals surface area contributed by atoms with Gasteiger partial charge in [-0.1, -0.05) is 42.5 Å². The second-order valence-corrected chi connectivity index (χ2v) is 7.50. The van der Waals surface area contributed by atoms with E-state index in [9.17, 15) is 19.2 Å². The van der Waals surface area contributed by atoms with Crippen LogP contribution in [-0.4, -0.2) is 30.4 Å². The number of anilines is 1. The molecule has 4 amide bonds. The highest BCUT2D eigenvalue weighted by atomic mass is 32.1. The van der Waals surface area contributed by atoms with Crippen LogP contribution < -0.4 is 16.0 Å². The van der Waals surface area contributed by atoms with Crippen molar-refractivity contribution in [2.45, 2.75) is 13.0 Å². The molecule has 1 atom stereocenters. The second kappa shape index (κ2) is 10.9. The molecule has 0 bridgehead atoms. The van der Waals surface area contributed by atoms with Gasteiger partial charge in [0, 0.05) is 17.8 Å². The fourth-order valence-electron chi connectivity index (χ4n) is 2.78. The molecule has 1 heterocycles. The largest absolute Gasteiger partial charge is 0.444 e. The van der Waals surface area contributed by atoms with E-state index < -0.39 is 24.0 Å². The van der Waals surface area contributed by atoms with Crippen LogP contribution in [0.15, 0.2) is 72.1 Å². The lowest BCUT2D eigenvalue weighted by atomic mass is 10.1. The van der Waals surface area contributed by atoms with Crippen molar-refractivity contribution in [2.75, 3.05) is 11.9 Å². The lowest BCUT2D eigenvalue weighted by molar-refractivity contribution is -0.129. The molecule has 0 saturated heterocycles. The number of hydrogen-bond acceptors (Lipinski definition) is 6. The standard InChI is InChI=1S/C23H21N3O5S/c1-2-24-23(30)26-21(28)19(15-8-4-3-5-9-15)31-22(29)16-10-6-11-17(14-16)25-20(27)18-12-7-13-32-18/h3-14,19H,2H2,1H3,(H,25,27)(H2,24,26,28,30). The first-order chi connectivity index (χ1) is 15.5. The molecular formula is C23H21N3O5S. The number of thiophene rings is 1. The summed E-state index contributed by atoms with van der Waals surface area (Å²) in [4.78, 5) is 50.0. The molecule has 3 aromatic rings. The van der Waals surface area contributed by atoms with E-state index in [2.05, 4.69) is 16.0 Å². The third kappa shape index (κ3) is 6.02. The third-order valence-electron chi connectivity index (χ3n) is 4.24. The number of urea groups is 1. The summed E-state index contributed by atoms with van der Waals surface area (Å²) in [6.07, 6.45) is -1.34. The van der Waals surface area contributed by atoms with Crippen molar-refractivity contribution < 1.29 is 23.9 Å². The van der Waals surface area contributed by atoms with E-state index in [0.29, 0.717) is 22.7 Å². The monoisotopic (exact) mass is 451 g/mol. The van der Waals surface area contributed by atoms with Crippen LogP contribution in [0.2, 0.25) is 0 Å². The minimum Gasteiger partial charge on any atom is -0.444 e. The smallest absolute Gasteiger partial charge is 0.339 e. The number of rotatable bonds is 7. The Morgan fingerprint density at radius 3 is 2.44 bits per heavy atom. The number of carbonyl (C=O) groups excluding carboxylic acids is 4. The summed E-state index contributed by atoms with van der Waals surface area (Å²) >= 11 is 1.30. The van der Waals surface area contributed by atoms with Gasteiger partial charge in [0.05, 0.1) is 10.4 Å². The fraction of sp³-hybridized carbons (Fsp3) is 0.130. The average Bonchev–Trinajstić information content (AvgIpc) is 3.33. The van der Waals surface area contributed by atoms with Gasteiger partial charge in [-0.15, -0.1) is 11.3 Å². The van der Waals surface area contributed by atoms with Gasteiger partial charge in [0.2, 0.25) is 6.10 Å². The van der Waals surface area contributed by atoms with Crippen LogP contribution in [0.3, 0.4) is 0 Å². The van der Waals surface area contributed by atoms with Crippen molar-refractivity contribution in [3.63, 3.8) is 0 Å². The summed E-state index contributed by atoms with van der Waals surface area (Å²) in [5.41, 5.74) is 0.950. The number of ether oxygens (including phenoxy) is 1. The second-order valence-electron chi connectivity index (χ2n) is 6.56. The predicted octanol–water partition coefficient (Wildman–Crippen LogP) is 3.74. The number of imide groups is 1. The zero-order valence-corrected chi connectivity index (χ0v) is 18.0. The summed E-state index contributed by atoms with van der Waals surface area (Å²) in [6, 6.07) is 17.3. The van der Waals surface area contributed by atoms with E-state index in [4.69, 9.17) is 4.74 Å². The lowest BCUT2D eigenvalue weighted by Gasteiger charge is -2.18. The summed E-state index contributed by atoms with van der Waals surface area (Å²) in [5, 5.41) is 9.13.